The van der Waals surface area contributed by atoms with Crippen molar-refractivity contribution < 1.29 is 31.8 Å². The Balaban J connectivity index is 1.48. The van der Waals surface area contributed by atoms with Crippen LogP contribution in [-0.4, -0.2) is 75.3 Å². The SMILES string of the molecule is O=C(COc1ccccc1)N1CCCOC2(C1)CN(S(=O)(=O)c1ccccc1F)CCO2. The van der Waals surface area contributed by atoms with E-state index in [9.17, 15) is 17.6 Å². The van der Waals surface area contributed by atoms with Gasteiger partial charge in [0, 0.05) is 13.1 Å². The van der Waals surface area contributed by atoms with E-state index < -0.39 is 26.5 Å². The summed E-state index contributed by atoms with van der Waals surface area (Å²) in [5.74, 6) is -1.81. The monoisotopic (exact) mass is 464 g/mol. The van der Waals surface area contributed by atoms with Crippen molar-refractivity contribution in [2.75, 3.05) is 46.0 Å². The quantitative estimate of drug-likeness (QED) is 0.672. The normalized spacial score (nSPS) is 22.5. The van der Waals surface area contributed by atoms with Gasteiger partial charge in [0.2, 0.25) is 10.0 Å². The lowest BCUT2D eigenvalue weighted by Crippen LogP contribution is -2.59. The van der Waals surface area contributed by atoms with Gasteiger partial charge in [0.15, 0.2) is 12.4 Å². The molecule has 0 radical (unpaired) electrons. The van der Waals surface area contributed by atoms with Gasteiger partial charge in [-0.3, -0.25) is 4.79 Å². The molecule has 1 atom stereocenters. The van der Waals surface area contributed by atoms with E-state index in [4.69, 9.17) is 14.2 Å². The molecule has 2 aromatic rings. The molecule has 0 N–H and O–H groups in total. The summed E-state index contributed by atoms with van der Waals surface area (Å²) in [5.41, 5.74) is 0. The molecular formula is C22H25FN2O6S. The molecule has 2 aliphatic heterocycles. The van der Waals surface area contributed by atoms with Crippen LogP contribution in [0.2, 0.25) is 0 Å². The number of nitrogens with zero attached hydrogens (tertiary/aromatic N) is 2. The highest BCUT2D eigenvalue weighted by Crippen LogP contribution is 2.29. The molecule has 1 unspecified atom stereocenters. The minimum Gasteiger partial charge on any atom is -0.484 e. The average molecular weight is 465 g/mol. The van der Waals surface area contributed by atoms with E-state index in [2.05, 4.69) is 0 Å². The van der Waals surface area contributed by atoms with Gasteiger partial charge in [0.05, 0.1) is 26.3 Å². The summed E-state index contributed by atoms with van der Waals surface area (Å²) in [5, 5.41) is 0. The summed E-state index contributed by atoms with van der Waals surface area (Å²) >= 11 is 0. The molecular weight excluding hydrogens is 439 g/mol. The molecule has 0 aromatic heterocycles. The van der Waals surface area contributed by atoms with Gasteiger partial charge in [-0.05, 0) is 30.7 Å². The first-order valence-corrected chi connectivity index (χ1v) is 11.8. The van der Waals surface area contributed by atoms with Crippen molar-refractivity contribution in [2.45, 2.75) is 17.1 Å². The first kappa shape index (κ1) is 22.7. The second-order valence-electron chi connectivity index (χ2n) is 7.65. The molecule has 10 heteroatoms. The summed E-state index contributed by atoms with van der Waals surface area (Å²) in [7, 11) is -4.09. The second-order valence-corrected chi connectivity index (χ2v) is 9.55. The lowest BCUT2D eigenvalue weighted by molar-refractivity contribution is -0.257. The van der Waals surface area contributed by atoms with Gasteiger partial charge in [0.1, 0.15) is 16.5 Å². The third kappa shape index (κ3) is 4.93. The van der Waals surface area contributed by atoms with Gasteiger partial charge in [0.25, 0.3) is 5.91 Å². The molecule has 2 heterocycles. The van der Waals surface area contributed by atoms with Crippen LogP contribution < -0.4 is 4.74 Å². The number of hydrogen-bond donors (Lipinski definition) is 0. The third-order valence-electron chi connectivity index (χ3n) is 5.40. The molecule has 2 fully saturated rings. The van der Waals surface area contributed by atoms with Gasteiger partial charge >= 0.3 is 0 Å². The van der Waals surface area contributed by atoms with Gasteiger partial charge in [-0.2, -0.15) is 4.31 Å². The second kappa shape index (κ2) is 9.53. The predicted octanol–water partition coefficient (Wildman–Crippen LogP) is 1.87. The van der Waals surface area contributed by atoms with Gasteiger partial charge in [-0.1, -0.05) is 30.3 Å². The van der Waals surface area contributed by atoms with Gasteiger partial charge < -0.3 is 19.1 Å². The van der Waals surface area contributed by atoms with Crippen molar-refractivity contribution >= 4 is 15.9 Å². The van der Waals surface area contributed by atoms with E-state index in [0.717, 1.165) is 10.4 Å². The predicted molar refractivity (Wildman–Crippen MR) is 113 cm³/mol. The van der Waals surface area contributed by atoms with E-state index in [1.807, 2.05) is 18.2 Å². The minimum absolute atomic E-state index is 0.0489. The molecule has 8 nitrogen and oxygen atoms in total. The Hall–Kier alpha value is -2.53. The van der Waals surface area contributed by atoms with Crippen LogP contribution in [0.25, 0.3) is 0 Å². The van der Waals surface area contributed by atoms with Crippen LogP contribution in [0, 0.1) is 5.82 Å². The number of rotatable bonds is 5. The van der Waals surface area contributed by atoms with Crippen molar-refractivity contribution in [3.8, 4) is 5.75 Å². The molecule has 1 amide bonds. The lowest BCUT2D eigenvalue weighted by Gasteiger charge is -2.42. The molecule has 0 bridgehead atoms. The fraction of sp³-hybridized carbons (Fsp3) is 0.409. The number of carbonyl (C=O) groups is 1. The lowest BCUT2D eigenvalue weighted by atomic mass is 10.2. The number of benzene rings is 2. The van der Waals surface area contributed by atoms with Crippen LogP contribution >= 0.6 is 0 Å². The van der Waals surface area contributed by atoms with Gasteiger partial charge in [-0.25, -0.2) is 12.8 Å². The summed E-state index contributed by atoms with van der Waals surface area (Å²) in [6, 6.07) is 14.3. The minimum atomic E-state index is -4.09. The Labute approximate surface area is 186 Å². The highest BCUT2D eigenvalue weighted by molar-refractivity contribution is 7.89. The van der Waals surface area contributed by atoms with Crippen LogP contribution in [0.3, 0.4) is 0 Å². The molecule has 2 aromatic carbocycles. The molecule has 32 heavy (non-hydrogen) atoms. The summed E-state index contributed by atoms with van der Waals surface area (Å²) in [4.78, 5) is 14.0. The van der Waals surface area contributed by atoms with Crippen molar-refractivity contribution in [3.63, 3.8) is 0 Å². The standard InChI is InChI=1S/C22H25FN2O6S/c23-19-9-4-5-10-20(19)32(27,28)25-12-14-31-22(17-25)16-24(11-6-13-30-22)21(26)15-29-18-7-2-1-3-8-18/h1-5,7-10H,6,11-17H2. The Morgan fingerprint density at radius 2 is 1.72 bits per heavy atom. The number of hydrogen-bond acceptors (Lipinski definition) is 6. The number of ether oxygens (including phenoxy) is 3. The van der Waals surface area contributed by atoms with E-state index in [1.165, 1.54) is 18.2 Å². The van der Waals surface area contributed by atoms with Gasteiger partial charge in [-0.15, -0.1) is 0 Å². The molecule has 4 rings (SSSR count). The molecule has 0 aliphatic carbocycles. The number of sulfonamides is 1. The Morgan fingerprint density at radius 1 is 1.00 bits per heavy atom. The van der Waals surface area contributed by atoms with E-state index >= 15 is 0 Å². The molecule has 2 saturated heterocycles. The zero-order valence-electron chi connectivity index (χ0n) is 17.5. The van der Waals surface area contributed by atoms with Crippen LogP contribution in [-0.2, 0) is 24.3 Å². The summed E-state index contributed by atoms with van der Waals surface area (Å²) < 4.78 is 58.8. The average Bonchev–Trinajstić information content (AvgIpc) is 3.01. The fourth-order valence-electron chi connectivity index (χ4n) is 3.80. The van der Waals surface area contributed by atoms with Crippen molar-refractivity contribution in [1.82, 2.24) is 9.21 Å². The third-order valence-corrected chi connectivity index (χ3v) is 7.28. The van der Waals surface area contributed by atoms with E-state index in [1.54, 1.807) is 17.0 Å². The maximum Gasteiger partial charge on any atom is 0.260 e. The Kier molecular flexibility index (Phi) is 6.75. The molecule has 172 valence electrons. The zero-order valence-corrected chi connectivity index (χ0v) is 18.3. The van der Waals surface area contributed by atoms with Crippen LogP contribution in [0.1, 0.15) is 6.42 Å². The van der Waals surface area contributed by atoms with Crippen LogP contribution in [0.5, 0.6) is 5.75 Å². The number of carbonyl (C=O) groups excluding carboxylic acids is 1. The topological polar surface area (TPSA) is 85.4 Å². The van der Waals surface area contributed by atoms with Crippen LogP contribution in [0.4, 0.5) is 4.39 Å². The number of morpholine rings is 1. The largest absolute Gasteiger partial charge is 0.484 e. The Bertz CT molecular complexity index is 1050. The maximum atomic E-state index is 14.2. The zero-order chi connectivity index (χ0) is 22.6. The smallest absolute Gasteiger partial charge is 0.260 e. The first-order valence-electron chi connectivity index (χ1n) is 10.4. The summed E-state index contributed by atoms with van der Waals surface area (Å²) in [6.07, 6.45) is 0.572. The Morgan fingerprint density at radius 3 is 2.50 bits per heavy atom. The number of halogens is 1. The number of amides is 1. The molecule has 0 saturated carbocycles. The van der Waals surface area contributed by atoms with Crippen molar-refractivity contribution in [1.29, 1.82) is 0 Å². The molecule has 1 spiro atoms. The summed E-state index contributed by atoms with van der Waals surface area (Å²) in [6.45, 7) is 0.611. The highest BCUT2D eigenvalue weighted by Gasteiger charge is 2.45. The molecule has 2 aliphatic rings. The number of para-hydroxylation sites is 1. The maximum absolute atomic E-state index is 14.2. The van der Waals surface area contributed by atoms with Crippen LogP contribution in [0.15, 0.2) is 59.5 Å². The fourth-order valence-corrected chi connectivity index (χ4v) is 5.33. The van der Waals surface area contributed by atoms with E-state index in [0.29, 0.717) is 25.3 Å². The highest BCUT2D eigenvalue weighted by atomic mass is 32.2. The first-order chi connectivity index (χ1) is 15.4. The van der Waals surface area contributed by atoms with E-state index in [-0.39, 0.29) is 38.8 Å². The van der Waals surface area contributed by atoms with Crippen molar-refractivity contribution in [3.05, 3.63) is 60.4 Å². The van der Waals surface area contributed by atoms with Crippen molar-refractivity contribution in [2.24, 2.45) is 0 Å².